The fourth-order valence-corrected chi connectivity index (χ4v) is 2.20. The molecule has 1 aliphatic rings. The molecule has 80 valence electrons. The SMILES string of the molecule is CSc1nccc(C(C(C)=O)C2CC2)n1. The van der Waals surface area contributed by atoms with Gasteiger partial charge in [-0.25, -0.2) is 9.97 Å². The summed E-state index contributed by atoms with van der Waals surface area (Å²) in [5, 5.41) is 0.749. The van der Waals surface area contributed by atoms with Crippen molar-refractivity contribution in [1.82, 2.24) is 9.97 Å². The summed E-state index contributed by atoms with van der Waals surface area (Å²) in [7, 11) is 0. The average molecular weight is 222 g/mol. The lowest BCUT2D eigenvalue weighted by molar-refractivity contribution is -0.118. The maximum absolute atomic E-state index is 11.6. The molecule has 0 aliphatic heterocycles. The summed E-state index contributed by atoms with van der Waals surface area (Å²) in [6.45, 7) is 1.66. The topological polar surface area (TPSA) is 42.9 Å². The fourth-order valence-electron chi connectivity index (χ4n) is 1.84. The van der Waals surface area contributed by atoms with Crippen LogP contribution in [0.3, 0.4) is 0 Å². The zero-order valence-electron chi connectivity index (χ0n) is 8.93. The van der Waals surface area contributed by atoms with E-state index < -0.39 is 0 Å². The van der Waals surface area contributed by atoms with Gasteiger partial charge in [0.25, 0.3) is 0 Å². The third kappa shape index (κ3) is 2.37. The number of nitrogens with zero attached hydrogens (tertiary/aromatic N) is 2. The molecule has 3 nitrogen and oxygen atoms in total. The molecule has 4 heteroatoms. The number of thioether (sulfide) groups is 1. The lowest BCUT2D eigenvalue weighted by Gasteiger charge is -2.11. The first-order chi connectivity index (χ1) is 7.22. The molecule has 1 aliphatic carbocycles. The van der Waals surface area contributed by atoms with Crippen LogP contribution in [0.25, 0.3) is 0 Å². The Hall–Kier alpha value is -0.900. The summed E-state index contributed by atoms with van der Waals surface area (Å²) in [5.41, 5.74) is 0.893. The van der Waals surface area contributed by atoms with Gasteiger partial charge in [0, 0.05) is 6.20 Å². The number of hydrogen-bond acceptors (Lipinski definition) is 4. The van der Waals surface area contributed by atoms with E-state index in [1.54, 1.807) is 13.1 Å². The van der Waals surface area contributed by atoms with Gasteiger partial charge in [-0.05, 0) is 38.0 Å². The van der Waals surface area contributed by atoms with Crippen LogP contribution in [0.4, 0.5) is 0 Å². The van der Waals surface area contributed by atoms with Crippen LogP contribution < -0.4 is 0 Å². The molecule has 0 saturated heterocycles. The van der Waals surface area contributed by atoms with Gasteiger partial charge in [0.1, 0.15) is 5.78 Å². The zero-order chi connectivity index (χ0) is 10.8. The fraction of sp³-hybridized carbons (Fsp3) is 0.545. The minimum absolute atomic E-state index is 0.00102. The molecular formula is C11H14N2OS. The highest BCUT2D eigenvalue weighted by Gasteiger charge is 2.36. The molecule has 0 amide bonds. The summed E-state index contributed by atoms with van der Waals surface area (Å²) in [6.07, 6.45) is 6.00. The first-order valence-corrected chi connectivity index (χ1v) is 6.32. The smallest absolute Gasteiger partial charge is 0.187 e. The predicted octanol–water partition coefficient (Wildman–Crippen LogP) is 2.28. The van der Waals surface area contributed by atoms with Gasteiger partial charge in [0.2, 0.25) is 0 Å². The monoisotopic (exact) mass is 222 g/mol. The Morgan fingerprint density at radius 2 is 2.33 bits per heavy atom. The lowest BCUT2D eigenvalue weighted by atomic mass is 9.95. The van der Waals surface area contributed by atoms with Gasteiger partial charge in [-0.2, -0.15) is 0 Å². The number of carbonyl (C=O) groups excluding carboxylic acids is 1. The molecule has 1 saturated carbocycles. The van der Waals surface area contributed by atoms with Gasteiger partial charge in [-0.15, -0.1) is 0 Å². The number of hydrogen-bond donors (Lipinski definition) is 0. The van der Waals surface area contributed by atoms with Gasteiger partial charge < -0.3 is 0 Å². The van der Waals surface area contributed by atoms with E-state index in [-0.39, 0.29) is 11.7 Å². The van der Waals surface area contributed by atoms with Crippen molar-refractivity contribution in [2.24, 2.45) is 5.92 Å². The van der Waals surface area contributed by atoms with Crippen LogP contribution in [-0.2, 0) is 4.79 Å². The second kappa shape index (κ2) is 4.31. The van der Waals surface area contributed by atoms with Gasteiger partial charge in [-0.1, -0.05) is 11.8 Å². The molecule has 1 fully saturated rings. The number of carbonyl (C=O) groups is 1. The largest absolute Gasteiger partial charge is 0.299 e. The van der Waals surface area contributed by atoms with Gasteiger partial charge in [0.15, 0.2) is 5.16 Å². The lowest BCUT2D eigenvalue weighted by Crippen LogP contribution is -2.13. The van der Waals surface area contributed by atoms with Crippen molar-refractivity contribution in [2.75, 3.05) is 6.26 Å². The van der Waals surface area contributed by atoms with Gasteiger partial charge in [-0.3, -0.25) is 4.79 Å². The molecule has 1 aromatic rings. The Bertz CT molecular complexity index is 377. The second-order valence-corrected chi connectivity index (χ2v) is 4.67. The molecule has 15 heavy (non-hydrogen) atoms. The molecule has 0 radical (unpaired) electrons. The summed E-state index contributed by atoms with van der Waals surface area (Å²) in [4.78, 5) is 20.1. The average Bonchev–Trinajstić information content (AvgIpc) is 3.02. The third-order valence-corrected chi connectivity index (χ3v) is 3.25. The zero-order valence-corrected chi connectivity index (χ0v) is 9.75. The second-order valence-electron chi connectivity index (χ2n) is 3.89. The summed E-state index contributed by atoms with van der Waals surface area (Å²) in [6, 6.07) is 1.87. The highest BCUT2D eigenvalue weighted by molar-refractivity contribution is 7.98. The van der Waals surface area contributed by atoms with Crippen molar-refractivity contribution in [1.29, 1.82) is 0 Å². The molecule has 1 aromatic heterocycles. The van der Waals surface area contributed by atoms with E-state index in [0.717, 1.165) is 23.7 Å². The highest BCUT2D eigenvalue weighted by atomic mass is 32.2. The van der Waals surface area contributed by atoms with E-state index in [2.05, 4.69) is 9.97 Å². The van der Waals surface area contributed by atoms with Gasteiger partial charge >= 0.3 is 0 Å². The standard InChI is InChI=1S/C11H14N2OS/c1-7(14)10(8-3-4-8)9-5-6-12-11(13-9)15-2/h5-6,8,10H,3-4H2,1-2H3. The van der Waals surface area contributed by atoms with Crippen molar-refractivity contribution in [2.45, 2.75) is 30.8 Å². The minimum atomic E-state index is -0.00102. The van der Waals surface area contributed by atoms with Crippen LogP contribution in [0.15, 0.2) is 17.4 Å². The van der Waals surface area contributed by atoms with Gasteiger partial charge in [0.05, 0.1) is 11.6 Å². The van der Waals surface area contributed by atoms with Crippen LogP contribution in [0.1, 0.15) is 31.4 Å². The molecule has 0 bridgehead atoms. The molecule has 1 unspecified atom stereocenters. The Morgan fingerprint density at radius 1 is 1.60 bits per heavy atom. The first-order valence-electron chi connectivity index (χ1n) is 5.09. The first kappa shape index (κ1) is 10.6. The highest BCUT2D eigenvalue weighted by Crippen LogP contribution is 2.42. The van der Waals surface area contributed by atoms with E-state index in [1.807, 2.05) is 12.3 Å². The van der Waals surface area contributed by atoms with Crippen molar-refractivity contribution < 1.29 is 4.79 Å². The molecule has 0 N–H and O–H groups in total. The Labute approximate surface area is 93.7 Å². The molecule has 1 atom stereocenters. The Balaban J connectivity index is 2.28. The normalized spacial score (nSPS) is 17.5. The van der Waals surface area contributed by atoms with Crippen LogP contribution in [0.5, 0.6) is 0 Å². The van der Waals surface area contributed by atoms with E-state index in [1.165, 1.54) is 11.8 Å². The molecule has 1 heterocycles. The molecular weight excluding hydrogens is 208 g/mol. The minimum Gasteiger partial charge on any atom is -0.299 e. The van der Waals surface area contributed by atoms with Crippen molar-refractivity contribution >= 4 is 17.5 Å². The van der Waals surface area contributed by atoms with Crippen LogP contribution in [-0.4, -0.2) is 22.0 Å². The number of aromatic nitrogens is 2. The van der Waals surface area contributed by atoms with E-state index in [4.69, 9.17) is 0 Å². The van der Waals surface area contributed by atoms with E-state index in [9.17, 15) is 4.79 Å². The summed E-state index contributed by atoms with van der Waals surface area (Å²) in [5.74, 6) is 0.745. The molecule has 0 spiro atoms. The predicted molar refractivity (Wildman–Crippen MR) is 60.0 cm³/mol. The quantitative estimate of drug-likeness (QED) is 0.579. The molecule has 2 rings (SSSR count). The number of rotatable bonds is 4. The van der Waals surface area contributed by atoms with Crippen molar-refractivity contribution in [3.05, 3.63) is 18.0 Å². The van der Waals surface area contributed by atoms with Crippen LogP contribution in [0, 0.1) is 5.92 Å². The summed E-state index contributed by atoms with van der Waals surface area (Å²) < 4.78 is 0. The van der Waals surface area contributed by atoms with E-state index >= 15 is 0 Å². The van der Waals surface area contributed by atoms with Crippen LogP contribution in [0.2, 0.25) is 0 Å². The van der Waals surface area contributed by atoms with Crippen molar-refractivity contribution in [3.8, 4) is 0 Å². The number of ketones is 1. The van der Waals surface area contributed by atoms with Crippen LogP contribution >= 0.6 is 11.8 Å². The number of Topliss-reactive ketones (excluding diaryl/α,β-unsaturated/α-hetero) is 1. The third-order valence-electron chi connectivity index (χ3n) is 2.69. The Kier molecular flexibility index (Phi) is 3.05. The molecule has 0 aromatic carbocycles. The maximum Gasteiger partial charge on any atom is 0.187 e. The Morgan fingerprint density at radius 3 is 2.87 bits per heavy atom. The van der Waals surface area contributed by atoms with Crippen molar-refractivity contribution in [3.63, 3.8) is 0 Å². The maximum atomic E-state index is 11.6. The summed E-state index contributed by atoms with van der Waals surface area (Å²) >= 11 is 1.51. The van der Waals surface area contributed by atoms with E-state index in [0.29, 0.717) is 5.92 Å².